The van der Waals surface area contributed by atoms with Crippen molar-refractivity contribution in [3.05, 3.63) is 58.7 Å². The Morgan fingerprint density at radius 1 is 1.04 bits per heavy atom. The summed E-state index contributed by atoms with van der Waals surface area (Å²) in [4.78, 5) is 2.61. The molecule has 2 aliphatic rings. The number of hydrogen-bond acceptors (Lipinski definition) is 3. The van der Waals surface area contributed by atoms with E-state index in [0.29, 0.717) is 18.8 Å². The third-order valence-electron chi connectivity index (χ3n) is 5.98. The van der Waals surface area contributed by atoms with E-state index < -0.39 is 0 Å². The molecule has 2 atom stereocenters. The Labute approximate surface area is 156 Å². The average molecular weight is 351 g/mol. The van der Waals surface area contributed by atoms with Gasteiger partial charge >= 0.3 is 0 Å². The van der Waals surface area contributed by atoms with Gasteiger partial charge in [0.2, 0.25) is 6.79 Å². The van der Waals surface area contributed by atoms with E-state index in [4.69, 9.17) is 9.47 Å². The third kappa shape index (κ3) is 3.09. The second kappa shape index (κ2) is 7.32. The van der Waals surface area contributed by atoms with E-state index in [1.165, 1.54) is 41.5 Å². The second-order valence-electron chi connectivity index (χ2n) is 7.54. The minimum absolute atomic E-state index is 0.345. The second-order valence-corrected chi connectivity index (χ2v) is 7.54. The Morgan fingerprint density at radius 2 is 1.85 bits per heavy atom. The minimum Gasteiger partial charge on any atom is -0.454 e. The van der Waals surface area contributed by atoms with Crippen molar-refractivity contribution in [3.8, 4) is 11.5 Å². The number of benzene rings is 2. The SMILES string of the molecule is CCCc1ccc(C2CC(c3ccc4c(c3C)OCO4)CN2CC)cc1. The molecule has 0 N–H and O–H groups in total. The molecule has 0 amide bonds. The summed E-state index contributed by atoms with van der Waals surface area (Å²) in [6.45, 7) is 9.22. The maximum absolute atomic E-state index is 5.69. The normalized spacial score (nSPS) is 22.1. The van der Waals surface area contributed by atoms with Crippen LogP contribution < -0.4 is 9.47 Å². The zero-order valence-electron chi connectivity index (χ0n) is 16.1. The zero-order valence-corrected chi connectivity index (χ0v) is 16.1. The van der Waals surface area contributed by atoms with Crippen LogP contribution >= 0.6 is 0 Å². The highest BCUT2D eigenvalue weighted by Gasteiger charge is 2.34. The number of ether oxygens (including phenoxy) is 2. The number of aryl methyl sites for hydroxylation is 1. The van der Waals surface area contributed by atoms with E-state index in [2.05, 4.69) is 62.1 Å². The molecular formula is C23H29NO2. The van der Waals surface area contributed by atoms with Gasteiger partial charge < -0.3 is 9.47 Å². The van der Waals surface area contributed by atoms with Crippen LogP contribution in [0.15, 0.2) is 36.4 Å². The predicted molar refractivity (Wildman–Crippen MR) is 105 cm³/mol. The predicted octanol–water partition coefficient (Wildman–Crippen LogP) is 5.23. The molecule has 2 aromatic carbocycles. The summed E-state index contributed by atoms with van der Waals surface area (Å²) in [7, 11) is 0. The fourth-order valence-corrected chi connectivity index (χ4v) is 4.59. The molecule has 0 aliphatic carbocycles. The van der Waals surface area contributed by atoms with Gasteiger partial charge in [0.1, 0.15) is 0 Å². The summed E-state index contributed by atoms with van der Waals surface area (Å²) in [5.41, 5.74) is 5.56. The topological polar surface area (TPSA) is 21.7 Å². The van der Waals surface area contributed by atoms with Gasteiger partial charge in [-0.1, -0.05) is 50.6 Å². The summed E-state index contributed by atoms with van der Waals surface area (Å²) < 4.78 is 11.2. The van der Waals surface area contributed by atoms with Gasteiger partial charge in [-0.3, -0.25) is 4.90 Å². The number of nitrogens with zero attached hydrogens (tertiary/aromatic N) is 1. The van der Waals surface area contributed by atoms with E-state index in [0.717, 1.165) is 24.6 Å². The maximum atomic E-state index is 5.69. The lowest BCUT2D eigenvalue weighted by molar-refractivity contribution is 0.173. The molecule has 1 saturated heterocycles. The summed E-state index contributed by atoms with van der Waals surface area (Å²) in [5.74, 6) is 2.38. The van der Waals surface area contributed by atoms with Gasteiger partial charge in [-0.2, -0.15) is 0 Å². The van der Waals surface area contributed by atoms with Gasteiger partial charge in [0.15, 0.2) is 11.5 Å². The van der Waals surface area contributed by atoms with Crippen molar-refractivity contribution in [2.24, 2.45) is 0 Å². The Kier molecular flexibility index (Phi) is 4.90. The fourth-order valence-electron chi connectivity index (χ4n) is 4.59. The number of rotatable bonds is 5. The molecule has 2 aliphatic heterocycles. The van der Waals surface area contributed by atoms with Crippen LogP contribution in [0, 0.1) is 6.92 Å². The van der Waals surface area contributed by atoms with Gasteiger partial charge in [-0.05, 0) is 60.5 Å². The molecular weight excluding hydrogens is 322 g/mol. The van der Waals surface area contributed by atoms with E-state index in [1.54, 1.807) is 0 Å². The Hall–Kier alpha value is -2.00. The number of fused-ring (bicyclic) bond motifs is 1. The molecule has 138 valence electrons. The van der Waals surface area contributed by atoms with Gasteiger partial charge in [0.05, 0.1) is 0 Å². The first-order chi connectivity index (χ1) is 12.7. The third-order valence-corrected chi connectivity index (χ3v) is 5.98. The number of likely N-dealkylation sites (tertiary alicyclic amines) is 1. The van der Waals surface area contributed by atoms with Crippen LogP contribution in [0.25, 0.3) is 0 Å². The van der Waals surface area contributed by atoms with Gasteiger partial charge in [0.25, 0.3) is 0 Å². The van der Waals surface area contributed by atoms with E-state index in [-0.39, 0.29) is 0 Å². The molecule has 3 heteroatoms. The zero-order chi connectivity index (χ0) is 18.1. The Balaban J connectivity index is 1.58. The van der Waals surface area contributed by atoms with Gasteiger partial charge in [-0.25, -0.2) is 0 Å². The highest BCUT2D eigenvalue weighted by molar-refractivity contribution is 5.52. The molecule has 0 bridgehead atoms. The minimum atomic E-state index is 0.345. The molecule has 0 radical (unpaired) electrons. The van der Waals surface area contributed by atoms with Crippen LogP contribution in [-0.4, -0.2) is 24.8 Å². The monoisotopic (exact) mass is 351 g/mol. The van der Waals surface area contributed by atoms with Crippen molar-refractivity contribution in [1.82, 2.24) is 4.90 Å². The molecule has 0 saturated carbocycles. The van der Waals surface area contributed by atoms with Crippen molar-refractivity contribution in [1.29, 1.82) is 0 Å². The van der Waals surface area contributed by atoms with Crippen LogP contribution in [0.2, 0.25) is 0 Å². The van der Waals surface area contributed by atoms with Crippen molar-refractivity contribution in [2.75, 3.05) is 19.9 Å². The Morgan fingerprint density at radius 3 is 2.58 bits per heavy atom. The fraction of sp³-hybridized carbons (Fsp3) is 0.478. The van der Waals surface area contributed by atoms with Crippen LogP contribution in [0.4, 0.5) is 0 Å². The highest BCUT2D eigenvalue weighted by Crippen LogP contribution is 2.45. The van der Waals surface area contributed by atoms with Crippen molar-refractivity contribution < 1.29 is 9.47 Å². The van der Waals surface area contributed by atoms with Crippen LogP contribution in [0.3, 0.4) is 0 Å². The Bertz CT molecular complexity index is 769. The number of likely N-dealkylation sites (N-methyl/N-ethyl adjacent to an activating group) is 1. The summed E-state index contributed by atoms with van der Waals surface area (Å²) >= 11 is 0. The number of hydrogen-bond donors (Lipinski definition) is 0. The first kappa shape index (κ1) is 17.4. The molecule has 2 unspecified atom stereocenters. The first-order valence-electron chi connectivity index (χ1n) is 9.93. The van der Waals surface area contributed by atoms with E-state index >= 15 is 0 Å². The van der Waals surface area contributed by atoms with Crippen molar-refractivity contribution in [3.63, 3.8) is 0 Å². The summed E-state index contributed by atoms with van der Waals surface area (Å²) in [5, 5.41) is 0. The summed E-state index contributed by atoms with van der Waals surface area (Å²) in [6, 6.07) is 14.1. The molecule has 3 nitrogen and oxygen atoms in total. The van der Waals surface area contributed by atoms with Crippen LogP contribution in [-0.2, 0) is 6.42 Å². The lowest BCUT2D eigenvalue weighted by atomic mass is 9.90. The van der Waals surface area contributed by atoms with E-state index in [1.807, 2.05) is 0 Å². The maximum Gasteiger partial charge on any atom is 0.231 e. The first-order valence-corrected chi connectivity index (χ1v) is 9.93. The molecule has 26 heavy (non-hydrogen) atoms. The highest BCUT2D eigenvalue weighted by atomic mass is 16.7. The van der Waals surface area contributed by atoms with Crippen LogP contribution in [0.1, 0.15) is 60.9 Å². The quantitative estimate of drug-likeness (QED) is 0.736. The lowest BCUT2D eigenvalue weighted by Crippen LogP contribution is -2.23. The van der Waals surface area contributed by atoms with Gasteiger partial charge in [-0.15, -0.1) is 0 Å². The molecule has 4 rings (SSSR count). The molecule has 0 spiro atoms. The van der Waals surface area contributed by atoms with Crippen molar-refractivity contribution in [2.45, 2.75) is 52.0 Å². The molecule has 2 heterocycles. The van der Waals surface area contributed by atoms with E-state index in [9.17, 15) is 0 Å². The molecule has 2 aromatic rings. The average Bonchev–Trinajstić information content (AvgIpc) is 3.30. The molecule has 1 fully saturated rings. The molecule has 0 aromatic heterocycles. The van der Waals surface area contributed by atoms with Gasteiger partial charge in [0, 0.05) is 12.6 Å². The summed E-state index contributed by atoms with van der Waals surface area (Å²) in [6.07, 6.45) is 3.54. The smallest absolute Gasteiger partial charge is 0.231 e. The standard InChI is InChI=1S/C23H29NO2/c1-4-6-17-7-9-18(10-8-17)21-13-19(14-24(21)5-2)20-11-12-22-23(16(20)3)26-15-25-22/h7-12,19,21H,4-6,13-15H2,1-3H3. The largest absolute Gasteiger partial charge is 0.454 e. The van der Waals surface area contributed by atoms with Crippen molar-refractivity contribution >= 4 is 0 Å². The lowest BCUT2D eigenvalue weighted by Gasteiger charge is -2.23. The van der Waals surface area contributed by atoms with Crippen LogP contribution in [0.5, 0.6) is 11.5 Å².